The number of aromatic nitrogens is 4. The molecule has 0 unspecified atom stereocenters. The van der Waals surface area contributed by atoms with Crippen molar-refractivity contribution in [1.82, 2.24) is 29.5 Å². The lowest BCUT2D eigenvalue weighted by Crippen LogP contribution is -2.40. The number of amides is 1. The molecule has 1 amide bonds. The fourth-order valence-corrected chi connectivity index (χ4v) is 5.88. The molecule has 0 spiro atoms. The number of thiophene rings is 1. The van der Waals surface area contributed by atoms with Gasteiger partial charge in [-0.3, -0.25) is 24.3 Å². The van der Waals surface area contributed by atoms with Gasteiger partial charge in [0.15, 0.2) is 11.5 Å². The molecule has 3 aromatic heterocycles. The summed E-state index contributed by atoms with van der Waals surface area (Å²) in [4.78, 5) is 53.2. The second-order valence-corrected chi connectivity index (χ2v) is 10.7. The summed E-state index contributed by atoms with van der Waals surface area (Å²) in [5, 5.41) is 21.5. The normalized spacial score (nSPS) is 11.3. The number of nitrogens with zero attached hydrogens (tertiary/aromatic N) is 6. The van der Waals surface area contributed by atoms with Crippen LogP contribution in [0.2, 0.25) is 0 Å². The van der Waals surface area contributed by atoms with E-state index in [0.29, 0.717) is 16.0 Å². The van der Waals surface area contributed by atoms with Crippen molar-refractivity contribution in [2.75, 3.05) is 21.1 Å². The van der Waals surface area contributed by atoms with Gasteiger partial charge < -0.3 is 10.2 Å². The summed E-state index contributed by atoms with van der Waals surface area (Å²) in [6.45, 7) is -0.339. The van der Waals surface area contributed by atoms with Crippen molar-refractivity contribution in [3.05, 3.63) is 114 Å². The first-order chi connectivity index (χ1) is 20.5. The zero-order valence-corrected chi connectivity index (χ0v) is 23.8. The molecule has 0 aliphatic heterocycles. The molecule has 12 nitrogen and oxygen atoms in total. The number of halogens is 2. The highest BCUT2D eigenvalue weighted by molar-refractivity contribution is 7.22. The molecule has 1 N–H and O–H groups in total. The van der Waals surface area contributed by atoms with E-state index in [4.69, 9.17) is 0 Å². The molecule has 5 aromatic rings. The SMILES string of the molecule is CNC(=O)c1ccc(-n2c(=O)c3c(CN(C)C)c(-c4ccc([N+](=O)[O-])cc4)sc3n(Cc3c(F)cccc3F)c2=O)nn1. The molecule has 0 saturated heterocycles. The summed E-state index contributed by atoms with van der Waals surface area (Å²) >= 11 is 1.05. The van der Waals surface area contributed by atoms with Gasteiger partial charge in [-0.25, -0.2) is 18.1 Å². The predicted molar refractivity (Wildman–Crippen MR) is 156 cm³/mol. The van der Waals surface area contributed by atoms with Crippen LogP contribution in [0.1, 0.15) is 21.6 Å². The number of non-ortho nitro benzene ring substituents is 1. The number of carbonyl (C=O) groups excluding carboxylic acids is 1. The number of nitro groups is 1. The maximum Gasteiger partial charge on any atom is 0.338 e. The molecule has 220 valence electrons. The molecule has 5 rings (SSSR count). The lowest BCUT2D eigenvalue weighted by molar-refractivity contribution is -0.384. The van der Waals surface area contributed by atoms with E-state index in [1.165, 1.54) is 49.5 Å². The quantitative estimate of drug-likeness (QED) is 0.209. The van der Waals surface area contributed by atoms with Gasteiger partial charge >= 0.3 is 5.69 Å². The first-order valence-electron chi connectivity index (χ1n) is 12.7. The van der Waals surface area contributed by atoms with Crippen molar-refractivity contribution in [2.24, 2.45) is 0 Å². The standard InChI is InChI=1S/C28H23F2N7O5S/c1-31-25(38)21-11-12-22(33-32-21)36-26(39)23-18(13-34(2)3)24(15-7-9-16(10-8-15)37(41)42)43-27(23)35(28(36)40)14-17-19(29)5-4-6-20(17)30/h4-12H,13-14H2,1-3H3,(H,31,38). The van der Waals surface area contributed by atoms with Gasteiger partial charge in [0.1, 0.15) is 16.5 Å². The Morgan fingerprint density at radius 2 is 1.70 bits per heavy atom. The first-order valence-corrected chi connectivity index (χ1v) is 13.5. The highest BCUT2D eigenvalue weighted by atomic mass is 32.1. The molecule has 43 heavy (non-hydrogen) atoms. The van der Waals surface area contributed by atoms with Gasteiger partial charge in [-0.2, -0.15) is 0 Å². The van der Waals surface area contributed by atoms with E-state index >= 15 is 0 Å². The van der Waals surface area contributed by atoms with Crippen molar-refractivity contribution in [3.63, 3.8) is 0 Å². The number of rotatable bonds is 8. The van der Waals surface area contributed by atoms with Gasteiger partial charge in [0.05, 0.1) is 16.9 Å². The van der Waals surface area contributed by atoms with Crippen LogP contribution in [0.15, 0.2) is 64.2 Å². The smallest absolute Gasteiger partial charge is 0.338 e. The van der Waals surface area contributed by atoms with Crippen molar-refractivity contribution in [3.8, 4) is 16.3 Å². The third-order valence-electron chi connectivity index (χ3n) is 6.60. The molecular weight excluding hydrogens is 584 g/mol. The Morgan fingerprint density at radius 3 is 2.26 bits per heavy atom. The summed E-state index contributed by atoms with van der Waals surface area (Å²) in [6, 6.07) is 11.6. The van der Waals surface area contributed by atoms with E-state index in [2.05, 4.69) is 15.5 Å². The number of hydrogen-bond acceptors (Lipinski definition) is 9. The maximum absolute atomic E-state index is 14.8. The van der Waals surface area contributed by atoms with E-state index in [-0.39, 0.29) is 34.0 Å². The van der Waals surface area contributed by atoms with E-state index < -0.39 is 45.8 Å². The second-order valence-electron chi connectivity index (χ2n) is 9.70. The van der Waals surface area contributed by atoms with E-state index in [9.17, 15) is 33.3 Å². The van der Waals surface area contributed by atoms with Crippen LogP contribution >= 0.6 is 11.3 Å². The molecule has 0 atom stereocenters. The van der Waals surface area contributed by atoms with E-state index in [1.54, 1.807) is 19.0 Å². The fraction of sp³-hybridized carbons (Fsp3) is 0.179. The Balaban J connectivity index is 1.86. The van der Waals surface area contributed by atoms with Gasteiger partial charge in [0, 0.05) is 36.2 Å². The van der Waals surface area contributed by atoms with Gasteiger partial charge in [-0.05, 0) is 61.6 Å². The third-order valence-corrected chi connectivity index (χ3v) is 7.91. The number of nitrogens with one attached hydrogen (secondary N) is 1. The van der Waals surface area contributed by atoms with Crippen LogP contribution in [0.3, 0.4) is 0 Å². The van der Waals surface area contributed by atoms with Gasteiger partial charge in [-0.15, -0.1) is 21.5 Å². The van der Waals surface area contributed by atoms with Crippen LogP contribution in [0.4, 0.5) is 14.5 Å². The topological polar surface area (TPSA) is 145 Å². The van der Waals surface area contributed by atoms with Gasteiger partial charge in [0.25, 0.3) is 17.2 Å². The minimum atomic E-state index is -0.935. The van der Waals surface area contributed by atoms with Crippen molar-refractivity contribution < 1.29 is 18.5 Å². The maximum atomic E-state index is 14.8. The molecular formula is C28H23F2N7O5S. The summed E-state index contributed by atoms with van der Waals surface area (Å²) in [5.41, 5.74) is -1.23. The Hall–Kier alpha value is -5.15. The van der Waals surface area contributed by atoms with Crippen LogP contribution < -0.4 is 16.6 Å². The van der Waals surface area contributed by atoms with Crippen molar-refractivity contribution in [2.45, 2.75) is 13.1 Å². The minimum absolute atomic E-state index is 0.0570. The third kappa shape index (κ3) is 5.42. The first kappa shape index (κ1) is 29.3. The van der Waals surface area contributed by atoms with Crippen LogP contribution in [-0.2, 0) is 13.1 Å². The Labute approximate surface area is 245 Å². The zero-order chi connectivity index (χ0) is 31.0. The Bertz CT molecular complexity index is 1980. The number of nitro benzene ring substituents is 1. The molecule has 0 aliphatic rings. The second kappa shape index (κ2) is 11.6. The van der Waals surface area contributed by atoms with E-state index in [0.717, 1.165) is 32.6 Å². The molecule has 0 bridgehead atoms. The van der Waals surface area contributed by atoms with E-state index in [1.807, 2.05) is 0 Å². The number of hydrogen-bond donors (Lipinski definition) is 1. The van der Waals surface area contributed by atoms with Crippen LogP contribution in [0.5, 0.6) is 0 Å². The largest absolute Gasteiger partial charge is 0.354 e. The van der Waals surface area contributed by atoms with Crippen molar-refractivity contribution >= 4 is 33.1 Å². The minimum Gasteiger partial charge on any atom is -0.354 e. The van der Waals surface area contributed by atoms with Gasteiger partial charge in [0.2, 0.25) is 0 Å². The summed E-state index contributed by atoms with van der Waals surface area (Å²) in [7, 11) is 4.95. The highest BCUT2D eigenvalue weighted by Gasteiger charge is 2.26. The Kier molecular flexibility index (Phi) is 7.93. The molecule has 0 aliphatic carbocycles. The summed E-state index contributed by atoms with van der Waals surface area (Å²) < 4.78 is 31.4. The molecule has 15 heteroatoms. The molecule has 2 aromatic carbocycles. The summed E-state index contributed by atoms with van der Waals surface area (Å²) in [5.74, 6) is -2.50. The Morgan fingerprint density at radius 1 is 1.02 bits per heavy atom. The molecule has 3 heterocycles. The molecule has 0 saturated carbocycles. The number of benzene rings is 2. The van der Waals surface area contributed by atoms with Crippen LogP contribution in [0.25, 0.3) is 26.5 Å². The van der Waals surface area contributed by atoms with Crippen LogP contribution in [0, 0.1) is 21.7 Å². The lowest BCUT2D eigenvalue weighted by atomic mass is 10.1. The zero-order valence-electron chi connectivity index (χ0n) is 23.0. The average Bonchev–Trinajstić information content (AvgIpc) is 3.35. The fourth-order valence-electron chi connectivity index (χ4n) is 4.58. The summed E-state index contributed by atoms with van der Waals surface area (Å²) in [6.07, 6.45) is 0. The van der Waals surface area contributed by atoms with Crippen LogP contribution in [-0.4, -0.2) is 56.2 Å². The number of carbonyl (C=O) groups is 1. The highest BCUT2D eigenvalue weighted by Crippen LogP contribution is 2.38. The monoisotopic (exact) mass is 607 g/mol. The lowest BCUT2D eigenvalue weighted by Gasteiger charge is -2.14. The predicted octanol–water partition coefficient (Wildman–Crippen LogP) is 3.33. The van der Waals surface area contributed by atoms with Gasteiger partial charge in [-0.1, -0.05) is 6.07 Å². The molecule has 0 radical (unpaired) electrons. The average molecular weight is 608 g/mol. The molecule has 0 fully saturated rings. The number of fused-ring (bicyclic) bond motifs is 1. The van der Waals surface area contributed by atoms with Crippen molar-refractivity contribution in [1.29, 1.82) is 0 Å².